The fourth-order valence-corrected chi connectivity index (χ4v) is 3.21. The molecule has 0 amide bonds. The lowest BCUT2D eigenvalue weighted by atomic mass is 10.1. The summed E-state index contributed by atoms with van der Waals surface area (Å²) in [6.07, 6.45) is 3.18. The number of halogens is 1. The monoisotopic (exact) mass is 459 g/mol. The normalized spacial score (nSPS) is 10.4. The van der Waals surface area contributed by atoms with Crippen molar-refractivity contribution in [1.82, 2.24) is 14.5 Å². The second-order valence-electron chi connectivity index (χ2n) is 7.78. The standard InChI is InChI=1S/C20H21N3O2.C7H5FO/c1-22(2)13-20-21-12-18(23(20)3)15-8-10-17(11-9-15)25-19-7-5-4-6-16(19)14-24;8-7-4-2-1-3-6(7)5-9/h4-12,14H,13H2,1-3H3;1-5H. The Morgan fingerprint density at radius 3 is 2.12 bits per heavy atom. The molecule has 0 saturated carbocycles. The number of benzene rings is 3. The minimum atomic E-state index is -0.465. The van der Waals surface area contributed by atoms with Crippen LogP contribution >= 0.6 is 0 Å². The van der Waals surface area contributed by atoms with E-state index in [1.807, 2.05) is 63.7 Å². The SMILES string of the molecule is CN(C)Cc1ncc(-c2ccc(Oc3ccccc3C=O)cc2)n1C.O=Cc1ccccc1F. The van der Waals surface area contributed by atoms with E-state index in [1.54, 1.807) is 24.3 Å². The van der Waals surface area contributed by atoms with E-state index >= 15 is 0 Å². The Bertz CT molecular complexity index is 1250. The van der Waals surface area contributed by atoms with Gasteiger partial charge in [-0.1, -0.05) is 24.3 Å². The highest BCUT2D eigenvalue weighted by Crippen LogP contribution is 2.27. The van der Waals surface area contributed by atoms with Gasteiger partial charge in [0.05, 0.1) is 29.6 Å². The predicted molar refractivity (Wildman–Crippen MR) is 130 cm³/mol. The molecular formula is C27H26FN3O3. The molecule has 0 aliphatic carbocycles. The number of hydrogen-bond acceptors (Lipinski definition) is 5. The Balaban J connectivity index is 0.000000302. The zero-order valence-corrected chi connectivity index (χ0v) is 19.3. The molecule has 0 radical (unpaired) electrons. The summed E-state index contributed by atoms with van der Waals surface area (Å²) >= 11 is 0. The van der Waals surface area contributed by atoms with Gasteiger partial charge in [0.1, 0.15) is 23.1 Å². The van der Waals surface area contributed by atoms with Gasteiger partial charge in [0.2, 0.25) is 0 Å². The number of nitrogens with zero attached hydrogens (tertiary/aromatic N) is 3. The molecule has 174 valence electrons. The molecule has 0 atom stereocenters. The largest absolute Gasteiger partial charge is 0.457 e. The van der Waals surface area contributed by atoms with Crippen molar-refractivity contribution in [2.75, 3.05) is 14.1 Å². The molecule has 1 heterocycles. The average Bonchev–Trinajstić information content (AvgIpc) is 3.20. The zero-order chi connectivity index (χ0) is 24.5. The van der Waals surface area contributed by atoms with E-state index in [4.69, 9.17) is 4.74 Å². The van der Waals surface area contributed by atoms with E-state index in [0.29, 0.717) is 23.3 Å². The topological polar surface area (TPSA) is 64.4 Å². The van der Waals surface area contributed by atoms with Gasteiger partial charge in [0, 0.05) is 12.6 Å². The van der Waals surface area contributed by atoms with Crippen LogP contribution in [0.4, 0.5) is 4.39 Å². The summed E-state index contributed by atoms with van der Waals surface area (Å²) < 4.78 is 20.3. The second kappa shape index (κ2) is 11.7. The number of aromatic nitrogens is 2. The molecule has 34 heavy (non-hydrogen) atoms. The summed E-state index contributed by atoms with van der Waals surface area (Å²) in [6.45, 7) is 0.792. The molecule has 3 aromatic carbocycles. The minimum Gasteiger partial charge on any atom is -0.457 e. The van der Waals surface area contributed by atoms with Crippen LogP contribution in [0.2, 0.25) is 0 Å². The van der Waals surface area contributed by atoms with Crippen LogP contribution in [-0.4, -0.2) is 41.1 Å². The summed E-state index contributed by atoms with van der Waals surface area (Å²) in [5, 5.41) is 0. The molecule has 0 spiro atoms. The maximum absolute atomic E-state index is 12.4. The lowest BCUT2D eigenvalue weighted by molar-refractivity contribution is 0.111. The molecular weight excluding hydrogens is 433 g/mol. The predicted octanol–water partition coefficient (Wildman–Crippen LogP) is 5.39. The number of ether oxygens (including phenoxy) is 1. The zero-order valence-electron chi connectivity index (χ0n) is 19.3. The Hall–Kier alpha value is -4.10. The van der Waals surface area contributed by atoms with E-state index in [9.17, 15) is 14.0 Å². The highest BCUT2D eigenvalue weighted by Gasteiger charge is 2.10. The van der Waals surface area contributed by atoms with Crippen molar-refractivity contribution in [3.8, 4) is 22.8 Å². The Kier molecular flexibility index (Phi) is 8.43. The van der Waals surface area contributed by atoms with Gasteiger partial charge in [-0.3, -0.25) is 9.59 Å². The maximum Gasteiger partial charge on any atom is 0.153 e. The first-order valence-electron chi connectivity index (χ1n) is 10.6. The number of aldehydes is 2. The van der Waals surface area contributed by atoms with Crippen LogP contribution < -0.4 is 4.74 Å². The van der Waals surface area contributed by atoms with Gasteiger partial charge in [0.15, 0.2) is 12.6 Å². The van der Waals surface area contributed by atoms with Gasteiger partial charge in [-0.15, -0.1) is 0 Å². The Morgan fingerprint density at radius 2 is 1.53 bits per heavy atom. The van der Waals surface area contributed by atoms with E-state index in [0.717, 1.165) is 29.9 Å². The number of hydrogen-bond donors (Lipinski definition) is 0. The average molecular weight is 460 g/mol. The Morgan fingerprint density at radius 1 is 0.912 bits per heavy atom. The Labute approximate surface area is 198 Å². The van der Waals surface area contributed by atoms with E-state index in [-0.39, 0.29) is 5.56 Å². The number of rotatable bonds is 7. The summed E-state index contributed by atoms with van der Waals surface area (Å²) in [4.78, 5) is 27.7. The summed E-state index contributed by atoms with van der Waals surface area (Å²) in [5.41, 5.74) is 2.76. The van der Waals surface area contributed by atoms with E-state index < -0.39 is 5.82 Å². The minimum absolute atomic E-state index is 0.109. The third-order valence-corrected chi connectivity index (χ3v) is 5.00. The highest BCUT2D eigenvalue weighted by atomic mass is 19.1. The molecule has 4 rings (SSSR count). The third kappa shape index (κ3) is 6.24. The molecule has 0 saturated heterocycles. The lowest BCUT2D eigenvalue weighted by Crippen LogP contribution is -2.14. The van der Waals surface area contributed by atoms with Crippen molar-refractivity contribution in [3.63, 3.8) is 0 Å². The van der Waals surface area contributed by atoms with Crippen LogP contribution in [0.15, 0.2) is 79.0 Å². The molecule has 1 aromatic heterocycles. The number of para-hydroxylation sites is 1. The van der Waals surface area contributed by atoms with Crippen LogP contribution in [-0.2, 0) is 13.6 Å². The lowest BCUT2D eigenvalue weighted by Gasteiger charge is -2.11. The summed E-state index contributed by atoms with van der Waals surface area (Å²) in [7, 11) is 6.07. The molecule has 0 unspecified atom stereocenters. The third-order valence-electron chi connectivity index (χ3n) is 5.00. The van der Waals surface area contributed by atoms with Crippen molar-refractivity contribution in [2.45, 2.75) is 6.54 Å². The first-order valence-corrected chi connectivity index (χ1v) is 10.6. The fourth-order valence-electron chi connectivity index (χ4n) is 3.21. The van der Waals surface area contributed by atoms with Gasteiger partial charge in [-0.25, -0.2) is 9.37 Å². The van der Waals surface area contributed by atoms with Gasteiger partial charge in [0.25, 0.3) is 0 Å². The number of imidazole rings is 1. The summed E-state index contributed by atoms with van der Waals surface area (Å²) in [6, 6.07) is 20.8. The maximum atomic E-state index is 12.4. The number of carbonyl (C=O) groups excluding carboxylic acids is 2. The second-order valence-corrected chi connectivity index (χ2v) is 7.78. The molecule has 0 fully saturated rings. The highest BCUT2D eigenvalue weighted by molar-refractivity contribution is 5.79. The molecule has 4 aromatic rings. The van der Waals surface area contributed by atoms with Crippen molar-refractivity contribution in [3.05, 3.63) is 102 Å². The van der Waals surface area contributed by atoms with Crippen molar-refractivity contribution < 1.29 is 18.7 Å². The summed E-state index contributed by atoms with van der Waals surface area (Å²) in [5.74, 6) is 1.79. The van der Waals surface area contributed by atoms with Crippen LogP contribution in [0, 0.1) is 5.82 Å². The molecule has 0 bridgehead atoms. The van der Waals surface area contributed by atoms with Crippen LogP contribution in [0.5, 0.6) is 11.5 Å². The van der Waals surface area contributed by atoms with Crippen molar-refractivity contribution in [1.29, 1.82) is 0 Å². The van der Waals surface area contributed by atoms with Crippen LogP contribution in [0.3, 0.4) is 0 Å². The van der Waals surface area contributed by atoms with Crippen LogP contribution in [0.1, 0.15) is 26.5 Å². The van der Waals surface area contributed by atoms with Gasteiger partial charge in [-0.2, -0.15) is 0 Å². The number of carbonyl (C=O) groups is 2. The first kappa shape index (κ1) is 24.5. The smallest absolute Gasteiger partial charge is 0.153 e. The van der Waals surface area contributed by atoms with Crippen molar-refractivity contribution in [2.24, 2.45) is 7.05 Å². The molecule has 6 nitrogen and oxygen atoms in total. The fraction of sp³-hybridized carbons (Fsp3) is 0.148. The van der Waals surface area contributed by atoms with Gasteiger partial charge >= 0.3 is 0 Å². The quantitative estimate of drug-likeness (QED) is 0.347. The van der Waals surface area contributed by atoms with E-state index in [1.165, 1.54) is 12.1 Å². The van der Waals surface area contributed by atoms with Crippen LogP contribution in [0.25, 0.3) is 11.3 Å². The first-order chi connectivity index (χ1) is 16.4. The molecule has 7 heteroatoms. The van der Waals surface area contributed by atoms with E-state index in [2.05, 4.69) is 14.5 Å². The van der Waals surface area contributed by atoms with Gasteiger partial charge < -0.3 is 14.2 Å². The molecule has 0 aliphatic heterocycles. The van der Waals surface area contributed by atoms with Gasteiger partial charge in [-0.05, 0) is 62.6 Å². The molecule has 0 aliphatic rings. The molecule has 0 N–H and O–H groups in total. The van der Waals surface area contributed by atoms with Crippen molar-refractivity contribution >= 4 is 12.6 Å².